The van der Waals surface area contributed by atoms with Crippen LogP contribution in [0, 0.1) is 11.8 Å². The van der Waals surface area contributed by atoms with Gasteiger partial charge in [-0.15, -0.1) is 0 Å². The number of nitrogens with two attached hydrogens (primary N) is 1. The van der Waals surface area contributed by atoms with Crippen LogP contribution in [0.15, 0.2) is 0 Å². The monoisotopic (exact) mass is 291 g/mol. The molecule has 1 aliphatic heterocycles. The van der Waals surface area contributed by atoms with Crippen LogP contribution in [0.2, 0.25) is 0 Å². The van der Waals surface area contributed by atoms with E-state index >= 15 is 0 Å². The lowest BCUT2D eigenvalue weighted by molar-refractivity contribution is -0.968. The molecule has 20 heavy (non-hydrogen) atoms. The average Bonchev–Trinajstić information content (AvgIpc) is 2.21. The first kappa shape index (κ1) is 15.6. The van der Waals surface area contributed by atoms with E-state index in [1.807, 2.05) is 0 Å². The number of carbonyl (C=O) groups is 1. The van der Waals surface area contributed by atoms with Crippen molar-refractivity contribution in [2.75, 3.05) is 19.6 Å². The molecule has 3 atom stereocenters. The molecule has 3 unspecified atom stereocenters. The van der Waals surface area contributed by atoms with Crippen LogP contribution in [0.25, 0.3) is 0 Å². The fraction of sp³-hybridized carbons (Fsp3) is 0.929. The molecule has 4 nitrogen and oxygen atoms in total. The molecule has 3 N–H and O–H groups in total. The maximum Gasteiger partial charge on any atom is 0.303 e. The fourth-order valence-corrected chi connectivity index (χ4v) is 4.21. The summed E-state index contributed by atoms with van der Waals surface area (Å²) in [6, 6.07) is 0.0735. The van der Waals surface area contributed by atoms with Crippen molar-refractivity contribution in [1.82, 2.24) is 0 Å². The number of alkyl halides is 2. The lowest BCUT2D eigenvalue weighted by Crippen LogP contribution is -2.69. The Morgan fingerprint density at radius 1 is 1.35 bits per heavy atom. The maximum absolute atomic E-state index is 13.0. The number of likely N-dealkylation sites (tertiary alicyclic amines) is 1. The van der Waals surface area contributed by atoms with E-state index in [0.717, 1.165) is 12.8 Å². The van der Waals surface area contributed by atoms with Gasteiger partial charge in [0.2, 0.25) is 0 Å². The van der Waals surface area contributed by atoms with Crippen LogP contribution in [0.5, 0.6) is 0 Å². The van der Waals surface area contributed by atoms with Crippen molar-refractivity contribution < 1.29 is 23.2 Å². The molecule has 0 aromatic heterocycles. The third kappa shape index (κ3) is 3.47. The van der Waals surface area contributed by atoms with Crippen LogP contribution < -0.4 is 5.73 Å². The molecule has 1 heterocycles. The van der Waals surface area contributed by atoms with E-state index in [4.69, 9.17) is 10.8 Å². The van der Waals surface area contributed by atoms with E-state index in [9.17, 15) is 13.6 Å². The second kappa shape index (κ2) is 5.93. The quantitative estimate of drug-likeness (QED) is 0.758. The number of hydrogen-bond donors (Lipinski definition) is 2. The summed E-state index contributed by atoms with van der Waals surface area (Å²) in [7, 11) is 0. The Morgan fingerprint density at radius 3 is 2.50 bits per heavy atom. The number of hydrogen-bond acceptors (Lipinski definition) is 2. The molecular weight excluding hydrogens is 266 g/mol. The van der Waals surface area contributed by atoms with Crippen LogP contribution in [0.4, 0.5) is 8.78 Å². The van der Waals surface area contributed by atoms with Gasteiger partial charge in [0.05, 0.1) is 31.6 Å². The molecule has 1 saturated carbocycles. The van der Waals surface area contributed by atoms with Crippen LogP contribution in [0.3, 0.4) is 0 Å². The summed E-state index contributed by atoms with van der Waals surface area (Å²) in [5, 5.41) is 8.96. The molecule has 2 aliphatic rings. The van der Waals surface area contributed by atoms with Gasteiger partial charge in [0.15, 0.2) is 0 Å². The molecular formula is C14H25F2N2O2+. The smallest absolute Gasteiger partial charge is 0.303 e. The number of halogens is 2. The van der Waals surface area contributed by atoms with Gasteiger partial charge in [-0.3, -0.25) is 4.79 Å². The van der Waals surface area contributed by atoms with E-state index < -0.39 is 12.4 Å². The molecule has 2 fully saturated rings. The van der Waals surface area contributed by atoms with Crippen molar-refractivity contribution in [3.8, 4) is 0 Å². The number of carboxylic acids is 1. The summed E-state index contributed by atoms with van der Waals surface area (Å²) in [4.78, 5) is 10.9. The largest absolute Gasteiger partial charge is 0.481 e. The van der Waals surface area contributed by atoms with Crippen LogP contribution in [-0.2, 0) is 4.79 Å². The van der Waals surface area contributed by atoms with Gasteiger partial charge in [0.1, 0.15) is 6.54 Å². The highest BCUT2D eigenvalue weighted by Gasteiger charge is 2.50. The molecule has 1 saturated heterocycles. The van der Waals surface area contributed by atoms with Gasteiger partial charge in [-0.25, -0.2) is 8.78 Å². The Bertz CT molecular complexity index is 357. The summed E-state index contributed by atoms with van der Waals surface area (Å²) in [5.74, 6) is -0.351. The van der Waals surface area contributed by atoms with Crippen LogP contribution in [0.1, 0.15) is 32.6 Å². The number of piperidine rings is 1. The Morgan fingerprint density at radius 2 is 2.00 bits per heavy atom. The van der Waals surface area contributed by atoms with Gasteiger partial charge >= 0.3 is 5.97 Å². The van der Waals surface area contributed by atoms with E-state index in [2.05, 4.69) is 6.92 Å². The molecule has 1 aliphatic carbocycles. The van der Waals surface area contributed by atoms with E-state index in [-0.39, 0.29) is 31.0 Å². The van der Waals surface area contributed by atoms with Crippen molar-refractivity contribution in [1.29, 1.82) is 0 Å². The van der Waals surface area contributed by atoms with Gasteiger partial charge in [0.25, 0.3) is 6.43 Å². The molecule has 0 amide bonds. The van der Waals surface area contributed by atoms with Gasteiger partial charge in [-0.05, 0) is 12.3 Å². The van der Waals surface area contributed by atoms with E-state index in [0.29, 0.717) is 29.9 Å². The number of carboxylic acid groups (broad SMARTS) is 1. The molecule has 0 spiro atoms. The second-order valence-electron chi connectivity index (χ2n) is 6.85. The number of nitrogens with zero attached hydrogens (tertiary/aromatic N) is 1. The molecule has 0 aromatic carbocycles. The maximum atomic E-state index is 13.0. The van der Waals surface area contributed by atoms with Gasteiger partial charge in [-0.2, -0.15) is 0 Å². The Balaban J connectivity index is 2.13. The molecule has 6 heteroatoms. The summed E-state index contributed by atoms with van der Waals surface area (Å²) in [6.45, 7) is 3.06. The standard InChI is InChI=1S/C14H24F2N2O2/c1-9-2-12(3-9)18(8-13(15)16)6-10(5-14(19)20)4-11(17)7-18/h9-13H,2-8,17H2,1H3/p+1. The zero-order valence-corrected chi connectivity index (χ0v) is 12.0. The number of rotatable bonds is 5. The first-order chi connectivity index (χ1) is 9.30. The second-order valence-corrected chi connectivity index (χ2v) is 6.85. The predicted molar refractivity (Wildman–Crippen MR) is 71.4 cm³/mol. The summed E-state index contributed by atoms with van der Waals surface area (Å²) < 4.78 is 26.4. The van der Waals surface area contributed by atoms with Crippen LogP contribution in [-0.4, -0.2) is 53.7 Å². The minimum absolute atomic E-state index is 0.0409. The lowest BCUT2D eigenvalue weighted by atomic mass is 9.76. The minimum Gasteiger partial charge on any atom is -0.481 e. The number of quaternary nitrogens is 1. The van der Waals surface area contributed by atoms with Gasteiger partial charge < -0.3 is 15.3 Å². The van der Waals surface area contributed by atoms with Crippen molar-refractivity contribution in [2.45, 2.75) is 51.1 Å². The highest BCUT2D eigenvalue weighted by atomic mass is 19.3. The molecule has 2 rings (SSSR count). The predicted octanol–water partition coefficient (Wildman–Crippen LogP) is 1.69. The minimum atomic E-state index is -2.36. The highest BCUT2D eigenvalue weighted by Crippen LogP contribution is 2.40. The normalized spacial score (nSPS) is 41.5. The van der Waals surface area contributed by atoms with Crippen LogP contribution >= 0.6 is 0 Å². The van der Waals surface area contributed by atoms with Crippen molar-refractivity contribution in [3.05, 3.63) is 0 Å². The third-order valence-corrected chi connectivity index (χ3v) is 4.94. The third-order valence-electron chi connectivity index (χ3n) is 4.94. The molecule has 0 radical (unpaired) electrons. The topological polar surface area (TPSA) is 63.3 Å². The van der Waals surface area contributed by atoms with Gasteiger partial charge in [0, 0.05) is 18.8 Å². The Hall–Kier alpha value is -0.750. The number of aliphatic carboxylic acids is 1. The summed E-state index contributed by atoms with van der Waals surface area (Å²) in [5.41, 5.74) is 6.05. The molecule has 0 bridgehead atoms. The lowest BCUT2D eigenvalue weighted by Gasteiger charge is -2.55. The highest BCUT2D eigenvalue weighted by molar-refractivity contribution is 5.67. The van der Waals surface area contributed by atoms with Gasteiger partial charge in [-0.1, -0.05) is 6.92 Å². The zero-order valence-electron chi connectivity index (χ0n) is 12.0. The summed E-state index contributed by atoms with van der Waals surface area (Å²) in [6.07, 6.45) is 0.233. The Kier molecular flexibility index (Phi) is 4.64. The zero-order chi connectivity index (χ0) is 14.9. The first-order valence-corrected chi connectivity index (χ1v) is 7.42. The first-order valence-electron chi connectivity index (χ1n) is 7.42. The average molecular weight is 291 g/mol. The van der Waals surface area contributed by atoms with Crippen molar-refractivity contribution in [2.24, 2.45) is 17.6 Å². The summed E-state index contributed by atoms with van der Waals surface area (Å²) >= 11 is 0. The van der Waals surface area contributed by atoms with E-state index in [1.54, 1.807) is 0 Å². The van der Waals surface area contributed by atoms with Crippen molar-refractivity contribution >= 4 is 5.97 Å². The molecule has 0 aromatic rings. The van der Waals surface area contributed by atoms with Crippen molar-refractivity contribution in [3.63, 3.8) is 0 Å². The fourth-order valence-electron chi connectivity index (χ4n) is 4.21. The van der Waals surface area contributed by atoms with E-state index in [1.165, 1.54) is 0 Å². The SMILES string of the molecule is CC1CC([N+]2(CC(F)F)CC(N)CC(CC(=O)O)C2)C1. The molecule has 116 valence electrons. The Labute approximate surface area is 118 Å².